The molecule has 5 heteroatoms. The molecule has 0 fully saturated rings. The molecule has 2 aromatic carbocycles. The number of carbonyl (C=O) groups is 1. The number of aliphatic hydroxyl groups excluding tert-OH is 1. The topological polar surface area (TPSA) is 75.2 Å². The molecular formula is C16H14N2O3. The minimum Gasteiger partial charge on any atom is -0.485 e. The van der Waals surface area contributed by atoms with E-state index in [9.17, 15) is 9.90 Å². The second-order valence-corrected chi connectivity index (χ2v) is 4.63. The number of fused-ring (bicyclic) bond motifs is 1. The number of rotatable bonds is 5. The summed E-state index contributed by atoms with van der Waals surface area (Å²) in [5.74, 6) is 1.25. The molecule has 2 N–H and O–H groups in total. The summed E-state index contributed by atoms with van der Waals surface area (Å²) in [7, 11) is 0. The Hall–Kier alpha value is -2.66. The molecule has 0 atom stereocenters. The monoisotopic (exact) mass is 282 g/mol. The van der Waals surface area contributed by atoms with Crippen molar-refractivity contribution < 1.29 is 14.6 Å². The van der Waals surface area contributed by atoms with Crippen LogP contribution >= 0.6 is 0 Å². The SMILES string of the molecule is O=Cc1ccc(OCc2nc3ccccc3[nH]2)c(CO)c1. The highest BCUT2D eigenvalue weighted by atomic mass is 16.5. The predicted octanol–water partition coefficient (Wildman–Crippen LogP) is 2.45. The van der Waals surface area contributed by atoms with E-state index in [4.69, 9.17) is 4.74 Å². The zero-order valence-electron chi connectivity index (χ0n) is 11.2. The lowest BCUT2D eigenvalue weighted by Crippen LogP contribution is -2.01. The van der Waals surface area contributed by atoms with Crippen molar-refractivity contribution in [2.45, 2.75) is 13.2 Å². The normalized spacial score (nSPS) is 10.7. The van der Waals surface area contributed by atoms with E-state index in [1.165, 1.54) is 0 Å². The first-order chi connectivity index (χ1) is 10.3. The quantitative estimate of drug-likeness (QED) is 0.705. The number of H-pyrrole nitrogens is 1. The average molecular weight is 282 g/mol. The molecule has 0 radical (unpaired) electrons. The number of carbonyl (C=O) groups excluding carboxylic acids is 1. The predicted molar refractivity (Wildman–Crippen MR) is 78.2 cm³/mol. The van der Waals surface area contributed by atoms with Crippen molar-refractivity contribution in [1.82, 2.24) is 9.97 Å². The van der Waals surface area contributed by atoms with Gasteiger partial charge in [-0.3, -0.25) is 4.79 Å². The van der Waals surface area contributed by atoms with Crippen molar-refractivity contribution in [2.24, 2.45) is 0 Å². The summed E-state index contributed by atoms with van der Waals surface area (Å²) < 4.78 is 5.67. The fourth-order valence-electron chi connectivity index (χ4n) is 2.16. The number of nitrogens with zero attached hydrogens (tertiary/aromatic N) is 1. The van der Waals surface area contributed by atoms with Crippen molar-refractivity contribution in [3.05, 3.63) is 59.4 Å². The van der Waals surface area contributed by atoms with Gasteiger partial charge in [0.05, 0.1) is 17.6 Å². The Labute approximate surface area is 121 Å². The Morgan fingerprint density at radius 3 is 2.86 bits per heavy atom. The molecule has 0 saturated carbocycles. The van der Waals surface area contributed by atoms with E-state index >= 15 is 0 Å². The number of hydrogen-bond donors (Lipinski definition) is 2. The van der Waals surface area contributed by atoms with Gasteiger partial charge in [-0.2, -0.15) is 0 Å². The largest absolute Gasteiger partial charge is 0.485 e. The van der Waals surface area contributed by atoms with Gasteiger partial charge < -0.3 is 14.8 Å². The van der Waals surface area contributed by atoms with Gasteiger partial charge in [0, 0.05) is 11.1 Å². The Kier molecular flexibility index (Phi) is 3.66. The van der Waals surface area contributed by atoms with E-state index in [-0.39, 0.29) is 13.2 Å². The van der Waals surface area contributed by atoms with E-state index in [0.717, 1.165) is 17.3 Å². The highest BCUT2D eigenvalue weighted by Gasteiger charge is 2.07. The van der Waals surface area contributed by atoms with Gasteiger partial charge in [0.2, 0.25) is 0 Å². The molecule has 0 aliphatic carbocycles. The van der Waals surface area contributed by atoms with Gasteiger partial charge in [0.1, 0.15) is 24.5 Å². The lowest BCUT2D eigenvalue weighted by Gasteiger charge is -2.09. The number of aliphatic hydroxyl groups is 1. The van der Waals surface area contributed by atoms with Crippen molar-refractivity contribution in [3.8, 4) is 5.75 Å². The first-order valence-corrected chi connectivity index (χ1v) is 6.55. The average Bonchev–Trinajstić information content (AvgIpc) is 2.95. The summed E-state index contributed by atoms with van der Waals surface area (Å²) >= 11 is 0. The van der Waals surface area contributed by atoms with Crippen molar-refractivity contribution in [3.63, 3.8) is 0 Å². The number of aldehydes is 1. The molecule has 3 rings (SSSR count). The molecule has 21 heavy (non-hydrogen) atoms. The van der Waals surface area contributed by atoms with Crippen LogP contribution in [0.15, 0.2) is 42.5 Å². The minimum atomic E-state index is -0.183. The molecule has 3 aromatic rings. The van der Waals surface area contributed by atoms with E-state index in [2.05, 4.69) is 9.97 Å². The summed E-state index contributed by atoms with van der Waals surface area (Å²) in [5, 5.41) is 9.33. The second kappa shape index (κ2) is 5.76. The van der Waals surface area contributed by atoms with Gasteiger partial charge >= 0.3 is 0 Å². The Morgan fingerprint density at radius 2 is 2.10 bits per heavy atom. The Morgan fingerprint density at radius 1 is 1.24 bits per heavy atom. The fraction of sp³-hybridized carbons (Fsp3) is 0.125. The zero-order chi connectivity index (χ0) is 14.7. The molecule has 0 bridgehead atoms. The zero-order valence-corrected chi connectivity index (χ0v) is 11.2. The van der Waals surface area contributed by atoms with Gasteiger partial charge in [-0.25, -0.2) is 4.98 Å². The maximum absolute atomic E-state index is 10.7. The highest BCUT2D eigenvalue weighted by Crippen LogP contribution is 2.21. The van der Waals surface area contributed by atoms with Crippen molar-refractivity contribution in [2.75, 3.05) is 0 Å². The molecule has 0 aliphatic heterocycles. The third kappa shape index (κ3) is 2.78. The molecule has 106 valence electrons. The van der Waals surface area contributed by atoms with Crippen LogP contribution in [0.5, 0.6) is 5.75 Å². The standard InChI is InChI=1S/C16H14N2O3/c19-8-11-5-6-15(12(7-11)9-20)21-10-16-17-13-3-1-2-4-14(13)18-16/h1-8,20H,9-10H2,(H,17,18). The van der Waals surface area contributed by atoms with E-state index < -0.39 is 0 Å². The number of aromatic nitrogens is 2. The van der Waals surface area contributed by atoms with Gasteiger partial charge in [0.25, 0.3) is 0 Å². The molecule has 0 aliphatic rings. The van der Waals surface area contributed by atoms with Crippen LogP contribution < -0.4 is 4.74 Å². The van der Waals surface area contributed by atoms with Crippen molar-refractivity contribution >= 4 is 17.3 Å². The number of para-hydroxylation sites is 2. The lowest BCUT2D eigenvalue weighted by molar-refractivity contribution is 0.112. The van der Waals surface area contributed by atoms with Crippen LogP contribution in [0, 0.1) is 0 Å². The van der Waals surface area contributed by atoms with Crippen LogP contribution in [0.2, 0.25) is 0 Å². The summed E-state index contributed by atoms with van der Waals surface area (Å²) in [6.45, 7) is 0.0826. The maximum atomic E-state index is 10.7. The van der Waals surface area contributed by atoms with Crippen LogP contribution in [0.4, 0.5) is 0 Å². The number of nitrogens with one attached hydrogen (secondary N) is 1. The smallest absolute Gasteiger partial charge is 0.150 e. The third-order valence-corrected chi connectivity index (χ3v) is 3.19. The molecule has 0 amide bonds. The summed E-state index contributed by atoms with van der Waals surface area (Å²) in [6.07, 6.45) is 0.738. The van der Waals surface area contributed by atoms with E-state index in [0.29, 0.717) is 22.7 Å². The van der Waals surface area contributed by atoms with Gasteiger partial charge in [0.15, 0.2) is 0 Å². The number of ether oxygens (including phenoxy) is 1. The summed E-state index contributed by atoms with van der Waals surface area (Å²) in [5.41, 5.74) is 2.93. The maximum Gasteiger partial charge on any atom is 0.150 e. The highest BCUT2D eigenvalue weighted by molar-refractivity contribution is 5.76. The van der Waals surface area contributed by atoms with Crippen LogP contribution in [-0.2, 0) is 13.2 Å². The molecule has 5 nitrogen and oxygen atoms in total. The fourth-order valence-corrected chi connectivity index (χ4v) is 2.16. The van der Waals surface area contributed by atoms with E-state index in [1.54, 1.807) is 18.2 Å². The molecule has 0 unspecified atom stereocenters. The molecule has 1 heterocycles. The second-order valence-electron chi connectivity index (χ2n) is 4.63. The van der Waals surface area contributed by atoms with Gasteiger partial charge in [-0.1, -0.05) is 12.1 Å². The Balaban J connectivity index is 1.79. The number of hydrogen-bond acceptors (Lipinski definition) is 4. The first-order valence-electron chi connectivity index (χ1n) is 6.55. The Bertz CT molecular complexity index is 747. The van der Waals surface area contributed by atoms with Crippen LogP contribution in [0.25, 0.3) is 11.0 Å². The van der Waals surface area contributed by atoms with Gasteiger partial charge in [-0.05, 0) is 30.3 Å². The lowest BCUT2D eigenvalue weighted by atomic mass is 10.1. The summed E-state index contributed by atoms with van der Waals surface area (Å²) in [4.78, 5) is 18.3. The summed E-state index contributed by atoms with van der Waals surface area (Å²) in [6, 6.07) is 12.7. The molecule has 0 spiro atoms. The van der Waals surface area contributed by atoms with Crippen molar-refractivity contribution in [1.29, 1.82) is 0 Å². The first kappa shape index (κ1) is 13.3. The van der Waals surface area contributed by atoms with Crippen LogP contribution in [0.1, 0.15) is 21.7 Å². The minimum absolute atomic E-state index is 0.183. The number of benzene rings is 2. The number of aromatic amines is 1. The van der Waals surface area contributed by atoms with E-state index in [1.807, 2.05) is 24.3 Å². The van der Waals surface area contributed by atoms with Crippen LogP contribution in [-0.4, -0.2) is 21.4 Å². The van der Waals surface area contributed by atoms with Crippen LogP contribution in [0.3, 0.4) is 0 Å². The molecule has 1 aromatic heterocycles. The number of imidazole rings is 1. The third-order valence-electron chi connectivity index (χ3n) is 3.19. The molecule has 0 saturated heterocycles. The molecular weight excluding hydrogens is 268 g/mol. The van der Waals surface area contributed by atoms with Gasteiger partial charge in [-0.15, -0.1) is 0 Å².